The number of amides is 1. The van der Waals surface area contributed by atoms with Gasteiger partial charge in [0, 0.05) is 46.9 Å². The van der Waals surface area contributed by atoms with Gasteiger partial charge in [-0.3, -0.25) is 4.79 Å². The predicted octanol–water partition coefficient (Wildman–Crippen LogP) is 4.37. The molecule has 1 aliphatic rings. The zero-order valence-corrected chi connectivity index (χ0v) is 15.3. The molecule has 23 heavy (non-hydrogen) atoms. The van der Waals surface area contributed by atoms with Crippen molar-refractivity contribution in [3.63, 3.8) is 0 Å². The van der Waals surface area contributed by atoms with Crippen molar-refractivity contribution in [3.05, 3.63) is 63.1 Å². The van der Waals surface area contributed by atoms with Crippen molar-refractivity contribution >= 4 is 39.1 Å². The SMILES string of the molecule is Cc1cc(Br)ccc1N1CCN(C(=O)c2ccc(Cl)cc2)CC1. The van der Waals surface area contributed by atoms with Crippen LogP contribution in [0.25, 0.3) is 0 Å². The average molecular weight is 394 g/mol. The van der Waals surface area contributed by atoms with Crippen LogP contribution in [0.3, 0.4) is 0 Å². The molecule has 1 saturated heterocycles. The minimum Gasteiger partial charge on any atom is -0.368 e. The molecule has 0 bridgehead atoms. The molecule has 0 atom stereocenters. The van der Waals surface area contributed by atoms with Crippen LogP contribution in [0.4, 0.5) is 5.69 Å². The Bertz CT molecular complexity index is 709. The largest absolute Gasteiger partial charge is 0.368 e. The van der Waals surface area contributed by atoms with E-state index >= 15 is 0 Å². The molecule has 1 amide bonds. The maximum absolute atomic E-state index is 12.5. The van der Waals surface area contributed by atoms with E-state index in [9.17, 15) is 4.79 Å². The molecule has 0 aliphatic carbocycles. The molecule has 2 aromatic carbocycles. The number of aryl methyl sites for hydroxylation is 1. The van der Waals surface area contributed by atoms with Crippen molar-refractivity contribution in [3.8, 4) is 0 Å². The number of benzene rings is 2. The maximum Gasteiger partial charge on any atom is 0.253 e. The summed E-state index contributed by atoms with van der Waals surface area (Å²) in [7, 11) is 0. The average Bonchev–Trinajstić information content (AvgIpc) is 2.55. The second kappa shape index (κ2) is 6.93. The van der Waals surface area contributed by atoms with Crippen molar-refractivity contribution < 1.29 is 4.79 Å². The van der Waals surface area contributed by atoms with Gasteiger partial charge in [-0.25, -0.2) is 0 Å². The lowest BCUT2D eigenvalue weighted by Crippen LogP contribution is -2.49. The van der Waals surface area contributed by atoms with Gasteiger partial charge in [-0.1, -0.05) is 27.5 Å². The van der Waals surface area contributed by atoms with Crippen LogP contribution in [0.15, 0.2) is 46.9 Å². The van der Waals surface area contributed by atoms with Gasteiger partial charge in [-0.15, -0.1) is 0 Å². The number of carbonyl (C=O) groups is 1. The van der Waals surface area contributed by atoms with Crippen molar-refractivity contribution in [1.29, 1.82) is 0 Å². The smallest absolute Gasteiger partial charge is 0.253 e. The van der Waals surface area contributed by atoms with Gasteiger partial charge in [0.05, 0.1) is 0 Å². The maximum atomic E-state index is 12.5. The second-order valence-corrected chi connectivity index (χ2v) is 7.07. The Morgan fingerprint density at radius 1 is 1.04 bits per heavy atom. The zero-order chi connectivity index (χ0) is 16.4. The Kier molecular flexibility index (Phi) is 4.93. The molecule has 5 heteroatoms. The van der Waals surface area contributed by atoms with E-state index in [0.717, 1.165) is 30.7 Å². The highest BCUT2D eigenvalue weighted by atomic mass is 79.9. The Morgan fingerprint density at radius 2 is 1.70 bits per heavy atom. The summed E-state index contributed by atoms with van der Waals surface area (Å²) in [4.78, 5) is 16.8. The fourth-order valence-electron chi connectivity index (χ4n) is 2.90. The lowest BCUT2D eigenvalue weighted by atomic mass is 10.1. The summed E-state index contributed by atoms with van der Waals surface area (Å²) >= 11 is 9.38. The van der Waals surface area contributed by atoms with E-state index in [-0.39, 0.29) is 5.91 Å². The van der Waals surface area contributed by atoms with Crippen LogP contribution in [0, 0.1) is 6.92 Å². The molecule has 3 nitrogen and oxygen atoms in total. The molecule has 1 fully saturated rings. The topological polar surface area (TPSA) is 23.6 Å². The van der Waals surface area contributed by atoms with Crippen LogP contribution in [-0.4, -0.2) is 37.0 Å². The zero-order valence-electron chi connectivity index (χ0n) is 12.9. The Balaban J connectivity index is 1.66. The number of nitrogens with zero attached hydrogens (tertiary/aromatic N) is 2. The van der Waals surface area contributed by atoms with Crippen molar-refractivity contribution in [2.75, 3.05) is 31.1 Å². The third kappa shape index (κ3) is 3.70. The second-order valence-electron chi connectivity index (χ2n) is 5.72. The Morgan fingerprint density at radius 3 is 2.30 bits per heavy atom. The summed E-state index contributed by atoms with van der Waals surface area (Å²) in [5.74, 6) is 0.0776. The molecular formula is C18H18BrClN2O. The summed E-state index contributed by atoms with van der Waals surface area (Å²) < 4.78 is 1.09. The number of carbonyl (C=O) groups excluding carboxylic acids is 1. The third-order valence-electron chi connectivity index (χ3n) is 4.16. The first-order chi connectivity index (χ1) is 11.0. The Labute approximate surface area is 150 Å². The van der Waals surface area contributed by atoms with E-state index in [1.807, 2.05) is 4.90 Å². The summed E-state index contributed by atoms with van der Waals surface area (Å²) in [6.45, 7) is 5.28. The standard InChI is InChI=1S/C18H18BrClN2O/c1-13-12-15(19)4-7-17(13)21-8-10-22(11-9-21)18(23)14-2-5-16(20)6-3-14/h2-7,12H,8-11H2,1H3. The minimum absolute atomic E-state index is 0.0776. The van der Waals surface area contributed by atoms with Crippen LogP contribution in [0.1, 0.15) is 15.9 Å². The number of piperazine rings is 1. The Hall–Kier alpha value is -1.52. The normalized spacial score (nSPS) is 14.9. The first kappa shape index (κ1) is 16.3. The fraction of sp³-hybridized carbons (Fsp3) is 0.278. The molecule has 1 heterocycles. The highest BCUT2D eigenvalue weighted by molar-refractivity contribution is 9.10. The number of hydrogen-bond donors (Lipinski definition) is 0. The van der Waals surface area contributed by atoms with Crippen LogP contribution in [0.2, 0.25) is 5.02 Å². The summed E-state index contributed by atoms with van der Waals surface area (Å²) in [6, 6.07) is 13.4. The number of anilines is 1. The van der Waals surface area contributed by atoms with Crippen LogP contribution < -0.4 is 4.90 Å². The monoisotopic (exact) mass is 392 g/mol. The summed E-state index contributed by atoms with van der Waals surface area (Å²) in [5.41, 5.74) is 3.19. The van der Waals surface area contributed by atoms with Gasteiger partial charge >= 0.3 is 0 Å². The summed E-state index contributed by atoms with van der Waals surface area (Å²) in [5, 5.41) is 0.650. The molecule has 1 aliphatic heterocycles. The van der Waals surface area contributed by atoms with Crippen LogP contribution in [0.5, 0.6) is 0 Å². The third-order valence-corrected chi connectivity index (χ3v) is 4.90. The van der Waals surface area contributed by atoms with Crippen molar-refractivity contribution in [2.24, 2.45) is 0 Å². The molecule has 0 unspecified atom stereocenters. The minimum atomic E-state index is 0.0776. The lowest BCUT2D eigenvalue weighted by molar-refractivity contribution is 0.0747. The highest BCUT2D eigenvalue weighted by Gasteiger charge is 2.22. The van der Waals surface area contributed by atoms with E-state index in [1.54, 1.807) is 24.3 Å². The summed E-state index contributed by atoms with van der Waals surface area (Å²) in [6.07, 6.45) is 0. The van der Waals surface area contributed by atoms with Crippen molar-refractivity contribution in [1.82, 2.24) is 4.90 Å². The predicted molar refractivity (Wildman–Crippen MR) is 98.4 cm³/mol. The quantitative estimate of drug-likeness (QED) is 0.756. The van der Waals surface area contributed by atoms with Crippen LogP contribution in [-0.2, 0) is 0 Å². The number of rotatable bonds is 2. The molecule has 0 radical (unpaired) electrons. The molecule has 0 spiro atoms. The molecule has 0 saturated carbocycles. The van der Waals surface area contributed by atoms with Gasteiger partial charge in [0.15, 0.2) is 0 Å². The van der Waals surface area contributed by atoms with E-state index in [4.69, 9.17) is 11.6 Å². The molecule has 0 aromatic heterocycles. The molecular weight excluding hydrogens is 376 g/mol. The molecule has 3 rings (SSSR count). The van der Waals surface area contributed by atoms with E-state index < -0.39 is 0 Å². The molecule has 120 valence electrons. The van der Waals surface area contributed by atoms with Gasteiger partial charge in [0.2, 0.25) is 0 Å². The first-order valence-electron chi connectivity index (χ1n) is 7.60. The van der Waals surface area contributed by atoms with E-state index in [0.29, 0.717) is 10.6 Å². The van der Waals surface area contributed by atoms with Gasteiger partial charge < -0.3 is 9.80 Å². The van der Waals surface area contributed by atoms with Gasteiger partial charge in [-0.2, -0.15) is 0 Å². The lowest BCUT2D eigenvalue weighted by Gasteiger charge is -2.37. The number of hydrogen-bond acceptors (Lipinski definition) is 2. The first-order valence-corrected chi connectivity index (χ1v) is 8.77. The molecule has 0 N–H and O–H groups in total. The van der Waals surface area contributed by atoms with E-state index in [2.05, 4.69) is 46.0 Å². The van der Waals surface area contributed by atoms with Gasteiger partial charge in [-0.05, 0) is 55.0 Å². The van der Waals surface area contributed by atoms with Gasteiger partial charge in [0.25, 0.3) is 5.91 Å². The molecule has 2 aromatic rings. The number of halogens is 2. The highest BCUT2D eigenvalue weighted by Crippen LogP contribution is 2.25. The fourth-order valence-corrected chi connectivity index (χ4v) is 3.50. The van der Waals surface area contributed by atoms with Gasteiger partial charge in [0.1, 0.15) is 0 Å². The van der Waals surface area contributed by atoms with Crippen LogP contribution >= 0.6 is 27.5 Å². The van der Waals surface area contributed by atoms with E-state index in [1.165, 1.54) is 11.3 Å². The van der Waals surface area contributed by atoms with Crippen molar-refractivity contribution in [2.45, 2.75) is 6.92 Å².